The molecule has 0 bridgehead atoms. The molecule has 1 aliphatic rings. The van der Waals surface area contributed by atoms with Crippen molar-refractivity contribution in [1.29, 1.82) is 0 Å². The van der Waals surface area contributed by atoms with Crippen LogP contribution in [0, 0.1) is 10.1 Å². The van der Waals surface area contributed by atoms with E-state index in [9.17, 15) is 14.9 Å². The van der Waals surface area contributed by atoms with E-state index in [1.807, 2.05) is 0 Å². The van der Waals surface area contributed by atoms with Gasteiger partial charge in [-0.05, 0) is 52.4 Å². The molecule has 1 aliphatic heterocycles. The van der Waals surface area contributed by atoms with E-state index in [4.69, 9.17) is 11.6 Å². The number of carbonyl (C=O) groups is 1. The topological polar surface area (TPSA) is 78.7 Å². The van der Waals surface area contributed by atoms with Crippen LogP contribution in [0.25, 0.3) is 0 Å². The zero-order valence-corrected chi connectivity index (χ0v) is 15.7. The lowest BCUT2D eigenvalue weighted by atomic mass is 10.1. The first-order valence-electron chi connectivity index (χ1n) is 8.38. The van der Waals surface area contributed by atoms with Crippen molar-refractivity contribution in [3.8, 4) is 0 Å². The van der Waals surface area contributed by atoms with Gasteiger partial charge in [-0.25, -0.2) is 0 Å². The molecule has 2 rings (SSSR count). The summed E-state index contributed by atoms with van der Waals surface area (Å²) in [6, 6.07) is 4.23. The number of halogens is 1. The molecule has 0 aromatic heterocycles. The van der Waals surface area contributed by atoms with E-state index in [-0.39, 0.29) is 34.4 Å². The minimum Gasteiger partial charge on any atom is -0.319 e. The fraction of sp³-hybridized carbons (Fsp3) is 0.588. The van der Waals surface area contributed by atoms with Crippen molar-refractivity contribution >= 4 is 28.9 Å². The van der Waals surface area contributed by atoms with Gasteiger partial charge in [0.1, 0.15) is 5.69 Å². The summed E-state index contributed by atoms with van der Waals surface area (Å²) in [5.41, 5.74) is 0.0866. The molecule has 1 saturated heterocycles. The molecule has 138 valence electrons. The number of carbonyl (C=O) groups excluding carboxylic acids is 1. The number of benzene rings is 1. The summed E-state index contributed by atoms with van der Waals surface area (Å²) >= 11 is 5.79. The molecule has 0 saturated carbocycles. The second-order valence-electron chi connectivity index (χ2n) is 7.25. The minimum absolute atomic E-state index is 0.113. The van der Waals surface area contributed by atoms with Gasteiger partial charge in [0.05, 0.1) is 11.5 Å². The highest BCUT2D eigenvalue weighted by Gasteiger charge is 2.25. The summed E-state index contributed by atoms with van der Waals surface area (Å²) < 4.78 is 0. The zero-order valence-electron chi connectivity index (χ0n) is 14.9. The van der Waals surface area contributed by atoms with Crippen molar-refractivity contribution in [3.05, 3.63) is 33.3 Å². The van der Waals surface area contributed by atoms with Crippen LogP contribution < -0.4 is 5.32 Å². The van der Waals surface area contributed by atoms with Gasteiger partial charge in [-0.3, -0.25) is 24.7 Å². The highest BCUT2D eigenvalue weighted by Crippen LogP contribution is 2.27. The molecule has 0 aliphatic carbocycles. The van der Waals surface area contributed by atoms with Crippen LogP contribution in [0.15, 0.2) is 18.2 Å². The summed E-state index contributed by atoms with van der Waals surface area (Å²) in [7, 11) is 0. The van der Waals surface area contributed by atoms with E-state index >= 15 is 0 Å². The third-order valence-electron chi connectivity index (χ3n) is 4.33. The normalized spacial score (nSPS) is 17.1. The average molecular weight is 369 g/mol. The predicted octanol–water partition coefficient (Wildman–Crippen LogP) is 2.99. The molecule has 1 aromatic rings. The van der Waals surface area contributed by atoms with Crippen LogP contribution >= 0.6 is 11.6 Å². The predicted molar refractivity (Wildman–Crippen MR) is 99.1 cm³/mol. The van der Waals surface area contributed by atoms with Crippen LogP contribution in [0.1, 0.15) is 27.2 Å². The summed E-state index contributed by atoms with van der Waals surface area (Å²) in [5, 5.41) is 14.0. The van der Waals surface area contributed by atoms with Crippen molar-refractivity contribution in [2.75, 3.05) is 38.0 Å². The van der Waals surface area contributed by atoms with E-state index in [1.54, 1.807) is 0 Å². The summed E-state index contributed by atoms with van der Waals surface area (Å²) in [4.78, 5) is 27.4. The Morgan fingerprint density at radius 1 is 1.28 bits per heavy atom. The number of rotatable bonds is 4. The lowest BCUT2D eigenvalue weighted by Gasteiger charge is -2.34. The largest absolute Gasteiger partial charge is 0.319 e. The summed E-state index contributed by atoms with van der Waals surface area (Å²) in [5.74, 6) is -0.255. The monoisotopic (exact) mass is 368 g/mol. The van der Waals surface area contributed by atoms with Gasteiger partial charge < -0.3 is 5.32 Å². The summed E-state index contributed by atoms with van der Waals surface area (Å²) in [6.45, 7) is 10.3. The number of nitrogens with one attached hydrogen (secondary N) is 1. The molecule has 25 heavy (non-hydrogen) atoms. The Kier molecular flexibility index (Phi) is 6.37. The van der Waals surface area contributed by atoms with Crippen molar-refractivity contribution < 1.29 is 9.72 Å². The fourth-order valence-electron chi connectivity index (χ4n) is 2.95. The van der Waals surface area contributed by atoms with Crippen LogP contribution in [-0.4, -0.2) is 58.9 Å². The van der Waals surface area contributed by atoms with E-state index < -0.39 is 4.92 Å². The van der Waals surface area contributed by atoms with Crippen LogP contribution in [0.5, 0.6) is 0 Å². The fourth-order valence-corrected chi connectivity index (χ4v) is 3.12. The van der Waals surface area contributed by atoms with Crippen LogP contribution in [0.2, 0.25) is 5.02 Å². The highest BCUT2D eigenvalue weighted by atomic mass is 35.5. The Morgan fingerprint density at radius 3 is 2.64 bits per heavy atom. The highest BCUT2D eigenvalue weighted by molar-refractivity contribution is 6.31. The maximum atomic E-state index is 12.3. The SMILES string of the molecule is CC(C)(C)N1CCCN(CC(=O)Nc2ccc(Cl)cc2[N+](=O)[O-])CC1. The number of amides is 1. The molecular formula is C17H25ClN4O3. The standard InChI is InChI=1S/C17H25ClN4O3/c1-17(2,3)21-8-4-7-20(9-10-21)12-16(23)19-14-6-5-13(18)11-15(14)22(24)25/h5-6,11H,4,7-10,12H2,1-3H3,(H,19,23). The average Bonchev–Trinajstić information content (AvgIpc) is 2.74. The third kappa shape index (κ3) is 5.66. The molecule has 1 heterocycles. The first-order valence-corrected chi connectivity index (χ1v) is 8.76. The Bertz CT molecular complexity index is 645. The van der Waals surface area contributed by atoms with Crippen LogP contribution in [0.3, 0.4) is 0 Å². The lowest BCUT2D eigenvalue weighted by Crippen LogP contribution is -2.44. The molecule has 8 heteroatoms. The maximum absolute atomic E-state index is 12.3. The van der Waals surface area contributed by atoms with E-state index in [0.29, 0.717) is 0 Å². The van der Waals surface area contributed by atoms with Gasteiger partial charge in [0.25, 0.3) is 5.69 Å². The maximum Gasteiger partial charge on any atom is 0.294 e. The first-order chi connectivity index (χ1) is 11.7. The molecule has 1 fully saturated rings. The molecular weight excluding hydrogens is 344 g/mol. The van der Waals surface area contributed by atoms with Crippen molar-refractivity contribution in [1.82, 2.24) is 9.80 Å². The van der Waals surface area contributed by atoms with Crippen molar-refractivity contribution in [2.45, 2.75) is 32.7 Å². The first kappa shape index (κ1) is 19.6. The number of hydrogen-bond donors (Lipinski definition) is 1. The molecule has 0 unspecified atom stereocenters. The molecule has 1 N–H and O–H groups in total. The Hall–Kier alpha value is -1.70. The zero-order chi connectivity index (χ0) is 18.6. The number of hydrogen-bond acceptors (Lipinski definition) is 5. The Labute approximate surface area is 153 Å². The van der Waals surface area contributed by atoms with E-state index in [0.717, 1.165) is 32.6 Å². The Morgan fingerprint density at radius 2 is 2.00 bits per heavy atom. The van der Waals surface area contributed by atoms with Gasteiger partial charge in [0, 0.05) is 29.7 Å². The van der Waals surface area contributed by atoms with Gasteiger partial charge in [-0.2, -0.15) is 0 Å². The smallest absolute Gasteiger partial charge is 0.294 e. The second-order valence-corrected chi connectivity index (χ2v) is 7.69. The van der Waals surface area contributed by atoms with Gasteiger partial charge in [-0.15, -0.1) is 0 Å². The minimum atomic E-state index is -0.547. The summed E-state index contributed by atoms with van der Waals surface area (Å²) in [6.07, 6.45) is 0.992. The van der Waals surface area contributed by atoms with Gasteiger partial charge >= 0.3 is 0 Å². The molecule has 1 amide bonds. The molecule has 0 atom stereocenters. The van der Waals surface area contributed by atoms with Gasteiger partial charge in [0.15, 0.2) is 0 Å². The second kappa shape index (κ2) is 8.12. The molecule has 7 nitrogen and oxygen atoms in total. The van der Waals surface area contributed by atoms with Gasteiger partial charge in [-0.1, -0.05) is 11.6 Å². The quantitative estimate of drug-likeness (QED) is 0.652. The Balaban J connectivity index is 1.96. The van der Waals surface area contributed by atoms with Crippen LogP contribution in [0.4, 0.5) is 11.4 Å². The molecule has 0 spiro atoms. The number of anilines is 1. The lowest BCUT2D eigenvalue weighted by molar-refractivity contribution is -0.383. The van der Waals surface area contributed by atoms with Gasteiger partial charge in [0.2, 0.25) is 5.91 Å². The van der Waals surface area contributed by atoms with Crippen molar-refractivity contribution in [2.24, 2.45) is 0 Å². The molecule has 0 radical (unpaired) electrons. The number of nitrogens with zero attached hydrogens (tertiary/aromatic N) is 3. The number of nitro benzene ring substituents is 1. The number of nitro groups is 1. The van der Waals surface area contributed by atoms with Crippen LogP contribution in [-0.2, 0) is 4.79 Å². The third-order valence-corrected chi connectivity index (χ3v) is 4.57. The molecule has 1 aromatic carbocycles. The van der Waals surface area contributed by atoms with E-state index in [2.05, 4.69) is 35.9 Å². The van der Waals surface area contributed by atoms with E-state index in [1.165, 1.54) is 18.2 Å². The van der Waals surface area contributed by atoms with Crippen molar-refractivity contribution in [3.63, 3.8) is 0 Å².